The number of hydrogen-bond donors (Lipinski definition) is 3. The topological polar surface area (TPSA) is 92.0 Å². The number of nitrogens with one attached hydrogen (secondary N) is 2. The summed E-state index contributed by atoms with van der Waals surface area (Å²) < 4.78 is 5.25. The van der Waals surface area contributed by atoms with Gasteiger partial charge in [0.05, 0.1) is 19.3 Å². The number of aliphatic imine (C=N–C) groups is 1. The standard InChI is InChI=1S/C13H25N5O2/c1-10(12(19)18-6-8-20-9-7-18)15-13(17-14)16-11-4-2-3-5-11/h10-11H,2-9,14H2,1H3,(H2,15,16,17). The molecule has 7 heteroatoms. The first kappa shape index (κ1) is 15.1. The maximum Gasteiger partial charge on any atom is 0.245 e. The molecule has 0 aromatic carbocycles. The fourth-order valence-corrected chi connectivity index (χ4v) is 2.66. The lowest BCUT2D eigenvalue weighted by Gasteiger charge is -2.29. The van der Waals surface area contributed by atoms with Crippen molar-refractivity contribution >= 4 is 11.9 Å². The molecule has 1 saturated carbocycles. The van der Waals surface area contributed by atoms with E-state index in [0.29, 0.717) is 38.3 Å². The molecule has 1 saturated heterocycles. The van der Waals surface area contributed by atoms with Crippen LogP contribution in [-0.2, 0) is 9.53 Å². The van der Waals surface area contributed by atoms with Gasteiger partial charge < -0.3 is 15.0 Å². The molecule has 0 radical (unpaired) electrons. The van der Waals surface area contributed by atoms with Gasteiger partial charge in [0.2, 0.25) is 11.9 Å². The predicted molar refractivity (Wildman–Crippen MR) is 77.0 cm³/mol. The number of guanidine groups is 1. The highest BCUT2D eigenvalue weighted by Gasteiger charge is 2.23. The molecule has 20 heavy (non-hydrogen) atoms. The summed E-state index contributed by atoms with van der Waals surface area (Å²) in [4.78, 5) is 18.6. The number of hydrazine groups is 1. The van der Waals surface area contributed by atoms with Gasteiger partial charge in [-0.1, -0.05) is 12.8 Å². The minimum atomic E-state index is -0.343. The molecule has 1 atom stereocenters. The third kappa shape index (κ3) is 4.08. The fourth-order valence-electron chi connectivity index (χ4n) is 2.66. The third-order valence-electron chi connectivity index (χ3n) is 3.82. The number of carbonyl (C=O) groups excluding carboxylic acids is 1. The Hall–Kier alpha value is -1.34. The first-order valence-electron chi connectivity index (χ1n) is 7.38. The number of hydrogen-bond acceptors (Lipinski definition) is 4. The number of rotatable bonds is 3. The van der Waals surface area contributed by atoms with E-state index in [1.54, 1.807) is 0 Å². The van der Waals surface area contributed by atoms with Crippen LogP contribution in [0.15, 0.2) is 4.99 Å². The predicted octanol–water partition coefficient (Wildman–Crippen LogP) is -0.415. The molecule has 7 nitrogen and oxygen atoms in total. The Labute approximate surface area is 119 Å². The Kier molecular flexibility index (Phi) is 5.60. The van der Waals surface area contributed by atoms with Gasteiger partial charge in [-0.3, -0.25) is 10.2 Å². The zero-order valence-electron chi connectivity index (χ0n) is 12.1. The molecule has 1 heterocycles. The zero-order valence-corrected chi connectivity index (χ0v) is 12.1. The number of amides is 1. The molecule has 114 valence electrons. The van der Waals surface area contributed by atoms with Crippen molar-refractivity contribution in [2.75, 3.05) is 26.3 Å². The van der Waals surface area contributed by atoms with Crippen LogP contribution in [-0.4, -0.2) is 55.2 Å². The van der Waals surface area contributed by atoms with Crippen molar-refractivity contribution in [3.63, 3.8) is 0 Å². The number of nitrogens with two attached hydrogens (primary N) is 1. The van der Waals surface area contributed by atoms with Gasteiger partial charge in [0.25, 0.3) is 0 Å². The van der Waals surface area contributed by atoms with Crippen LogP contribution in [0.4, 0.5) is 0 Å². The van der Waals surface area contributed by atoms with E-state index in [4.69, 9.17) is 10.6 Å². The van der Waals surface area contributed by atoms with E-state index in [0.717, 1.165) is 12.8 Å². The Morgan fingerprint density at radius 3 is 2.60 bits per heavy atom. The van der Waals surface area contributed by atoms with E-state index in [9.17, 15) is 4.79 Å². The molecule has 2 fully saturated rings. The summed E-state index contributed by atoms with van der Waals surface area (Å²) in [6, 6.07) is -0.0245. The van der Waals surface area contributed by atoms with Gasteiger partial charge in [0.15, 0.2) is 0 Å². The maximum atomic E-state index is 12.3. The fraction of sp³-hybridized carbons (Fsp3) is 0.846. The largest absolute Gasteiger partial charge is 0.378 e. The Morgan fingerprint density at radius 2 is 2.00 bits per heavy atom. The first-order chi connectivity index (χ1) is 9.70. The van der Waals surface area contributed by atoms with E-state index < -0.39 is 0 Å². The Bertz CT molecular complexity index is 349. The number of nitrogens with zero attached hydrogens (tertiary/aromatic N) is 2. The molecule has 2 rings (SSSR count). The Balaban J connectivity index is 1.87. The van der Waals surface area contributed by atoms with Crippen molar-refractivity contribution in [2.24, 2.45) is 10.8 Å². The minimum absolute atomic E-state index is 0.0580. The number of carbonyl (C=O) groups is 1. The Morgan fingerprint density at radius 1 is 1.35 bits per heavy atom. The minimum Gasteiger partial charge on any atom is -0.378 e. The van der Waals surface area contributed by atoms with Crippen LogP contribution in [0.5, 0.6) is 0 Å². The molecule has 1 aliphatic heterocycles. The van der Waals surface area contributed by atoms with Crippen molar-refractivity contribution in [3.8, 4) is 0 Å². The van der Waals surface area contributed by atoms with Crippen molar-refractivity contribution in [1.82, 2.24) is 15.6 Å². The molecule has 1 amide bonds. The molecular weight excluding hydrogens is 258 g/mol. The highest BCUT2D eigenvalue weighted by atomic mass is 16.5. The highest BCUT2D eigenvalue weighted by molar-refractivity contribution is 5.88. The van der Waals surface area contributed by atoms with Gasteiger partial charge >= 0.3 is 0 Å². The summed E-state index contributed by atoms with van der Waals surface area (Å²) in [6.45, 7) is 4.35. The lowest BCUT2D eigenvalue weighted by Crippen LogP contribution is -2.54. The lowest BCUT2D eigenvalue weighted by molar-refractivity contribution is -0.136. The summed E-state index contributed by atoms with van der Waals surface area (Å²) >= 11 is 0. The molecule has 0 spiro atoms. The van der Waals surface area contributed by atoms with Gasteiger partial charge in [-0.25, -0.2) is 10.8 Å². The second-order valence-corrected chi connectivity index (χ2v) is 5.36. The molecule has 2 aliphatic rings. The van der Waals surface area contributed by atoms with Crippen molar-refractivity contribution in [1.29, 1.82) is 0 Å². The zero-order chi connectivity index (χ0) is 14.4. The second-order valence-electron chi connectivity index (χ2n) is 5.36. The average molecular weight is 283 g/mol. The molecule has 1 unspecified atom stereocenters. The normalized spacial score (nSPS) is 22.7. The van der Waals surface area contributed by atoms with E-state index >= 15 is 0 Å². The SMILES string of the molecule is CC(NC(=NC1CCCC1)NN)C(=O)N1CCOCC1. The first-order valence-corrected chi connectivity index (χ1v) is 7.38. The van der Waals surface area contributed by atoms with Crippen LogP contribution in [0.3, 0.4) is 0 Å². The lowest BCUT2D eigenvalue weighted by atomic mass is 10.2. The average Bonchev–Trinajstić information content (AvgIpc) is 2.99. The smallest absolute Gasteiger partial charge is 0.245 e. The van der Waals surface area contributed by atoms with Gasteiger partial charge in [-0.05, 0) is 19.8 Å². The molecule has 0 aromatic heterocycles. The summed E-state index contributed by atoms with van der Waals surface area (Å²) in [6.07, 6.45) is 4.62. The summed E-state index contributed by atoms with van der Waals surface area (Å²) in [7, 11) is 0. The molecule has 1 aliphatic carbocycles. The summed E-state index contributed by atoms with van der Waals surface area (Å²) in [5.74, 6) is 6.05. The van der Waals surface area contributed by atoms with E-state index in [2.05, 4.69) is 15.7 Å². The van der Waals surface area contributed by atoms with Gasteiger partial charge in [0.1, 0.15) is 6.04 Å². The van der Waals surface area contributed by atoms with E-state index in [1.165, 1.54) is 12.8 Å². The van der Waals surface area contributed by atoms with Crippen LogP contribution in [0, 0.1) is 0 Å². The quantitative estimate of drug-likeness (QED) is 0.283. The second kappa shape index (κ2) is 7.44. The van der Waals surface area contributed by atoms with Crippen molar-refractivity contribution in [2.45, 2.75) is 44.7 Å². The maximum absolute atomic E-state index is 12.3. The molecule has 4 N–H and O–H groups in total. The van der Waals surface area contributed by atoms with E-state index in [1.807, 2.05) is 11.8 Å². The molecule has 0 bridgehead atoms. The monoisotopic (exact) mass is 283 g/mol. The van der Waals surface area contributed by atoms with Crippen LogP contribution in [0.25, 0.3) is 0 Å². The van der Waals surface area contributed by atoms with Gasteiger partial charge in [-0.15, -0.1) is 0 Å². The van der Waals surface area contributed by atoms with E-state index in [-0.39, 0.29) is 11.9 Å². The number of morpholine rings is 1. The van der Waals surface area contributed by atoms with Crippen LogP contribution in [0.1, 0.15) is 32.6 Å². The van der Waals surface area contributed by atoms with Crippen molar-refractivity contribution in [3.05, 3.63) is 0 Å². The van der Waals surface area contributed by atoms with Crippen molar-refractivity contribution < 1.29 is 9.53 Å². The van der Waals surface area contributed by atoms with Crippen LogP contribution in [0.2, 0.25) is 0 Å². The van der Waals surface area contributed by atoms with Crippen LogP contribution >= 0.6 is 0 Å². The summed E-state index contributed by atoms with van der Waals surface area (Å²) in [5, 5.41) is 3.07. The number of ether oxygens (including phenoxy) is 1. The van der Waals surface area contributed by atoms with Gasteiger partial charge in [-0.2, -0.15) is 0 Å². The third-order valence-corrected chi connectivity index (χ3v) is 3.82. The van der Waals surface area contributed by atoms with Gasteiger partial charge in [0, 0.05) is 13.1 Å². The highest BCUT2D eigenvalue weighted by Crippen LogP contribution is 2.20. The molecule has 0 aromatic rings. The van der Waals surface area contributed by atoms with Crippen LogP contribution < -0.4 is 16.6 Å². The molecular formula is C13H25N5O2. The summed E-state index contributed by atoms with van der Waals surface area (Å²) in [5.41, 5.74) is 2.56.